The van der Waals surface area contributed by atoms with Crippen LogP contribution in [0.5, 0.6) is 0 Å². The van der Waals surface area contributed by atoms with E-state index < -0.39 is 0 Å². The molecule has 0 aliphatic rings. The zero-order chi connectivity index (χ0) is 21.0. The number of rotatable bonds is 7. The van der Waals surface area contributed by atoms with Crippen molar-refractivity contribution in [3.05, 3.63) is 47.9 Å². The maximum Gasteiger partial charge on any atom is 0.232 e. The van der Waals surface area contributed by atoms with Gasteiger partial charge in [0.05, 0.1) is 12.3 Å². The van der Waals surface area contributed by atoms with Gasteiger partial charge in [0.1, 0.15) is 6.33 Å². The van der Waals surface area contributed by atoms with Crippen LogP contribution in [0.15, 0.2) is 40.3 Å². The lowest BCUT2D eigenvalue weighted by Crippen LogP contribution is -2.25. The number of hydrogen-bond acceptors (Lipinski definition) is 7. The number of nitrogens with zero attached hydrogens (tertiary/aromatic N) is 5. The fourth-order valence-corrected chi connectivity index (χ4v) is 3.27. The number of carbonyl (C=O) groups excluding carboxylic acids is 1. The second-order valence-corrected chi connectivity index (χ2v) is 9.00. The Morgan fingerprint density at radius 1 is 1.24 bits per heavy atom. The Labute approximate surface area is 174 Å². The van der Waals surface area contributed by atoms with E-state index in [1.54, 1.807) is 6.33 Å². The average molecular weight is 415 g/mol. The monoisotopic (exact) mass is 414 g/mol. The molecule has 1 aromatic carbocycles. The fraction of sp³-hybridized carbons (Fsp3) is 0.450. The predicted molar refractivity (Wildman–Crippen MR) is 111 cm³/mol. The van der Waals surface area contributed by atoms with Crippen LogP contribution in [0, 0.1) is 0 Å². The van der Waals surface area contributed by atoms with E-state index in [0.29, 0.717) is 22.8 Å². The molecule has 3 rings (SSSR count). The van der Waals surface area contributed by atoms with Crippen molar-refractivity contribution >= 4 is 17.7 Å². The van der Waals surface area contributed by atoms with Crippen LogP contribution in [0.3, 0.4) is 0 Å². The Kier molecular flexibility index (Phi) is 6.36. The Balaban J connectivity index is 1.55. The van der Waals surface area contributed by atoms with Gasteiger partial charge >= 0.3 is 0 Å². The van der Waals surface area contributed by atoms with E-state index in [4.69, 9.17) is 4.52 Å². The first-order chi connectivity index (χ1) is 13.7. The SMILES string of the molecule is CC(C)c1ccc(-n2cnnc2SCC(=O)NCc2noc(C(C)(C)C)n2)cc1. The molecule has 0 saturated heterocycles. The molecule has 0 atom stereocenters. The van der Waals surface area contributed by atoms with E-state index in [1.165, 1.54) is 17.3 Å². The molecule has 2 aromatic heterocycles. The van der Waals surface area contributed by atoms with Crippen LogP contribution in [0.1, 0.15) is 57.8 Å². The summed E-state index contributed by atoms with van der Waals surface area (Å²) in [5.74, 6) is 1.56. The van der Waals surface area contributed by atoms with Crippen LogP contribution in [-0.2, 0) is 16.8 Å². The number of hydrogen-bond donors (Lipinski definition) is 1. The largest absolute Gasteiger partial charge is 0.348 e. The molecule has 1 amide bonds. The summed E-state index contributed by atoms with van der Waals surface area (Å²) in [6.07, 6.45) is 1.65. The minimum Gasteiger partial charge on any atom is -0.348 e. The summed E-state index contributed by atoms with van der Waals surface area (Å²) in [7, 11) is 0. The quantitative estimate of drug-likeness (QED) is 0.591. The number of amides is 1. The third-order valence-corrected chi connectivity index (χ3v) is 5.18. The Morgan fingerprint density at radius 3 is 2.59 bits per heavy atom. The third-order valence-electron chi connectivity index (χ3n) is 4.24. The second-order valence-electron chi connectivity index (χ2n) is 8.06. The van der Waals surface area contributed by atoms with Crippen LogP contribution in [0.2, 0.25) is 0 Å². The molecular weight excluding hydrogens is 388 g/mol. The van der Waals surface area contributed by atoms with E-state index >= 15 is 0 Å². The highest BCUT2D eigenvalue weighted by molar-refractivity contribution is 7.99. The van der Waals surface area contributed by atoms with Gasteiger partial charge in [0.25, 0.3) is 0 Å². The van der Waals surface area contributed by atoms with Gasteiger partial charge in [-0.25, -0.2) is 0 Å². The lowest BCUT2D eigenvalue weighted by atomic mass is 9.97. The van der Waals surface area contributed by atoms with Crippen LogP contribution in [0.4, 0.5) is 0 Å². The average Bonchev–Trinajstić information content (AvgIpc) is 3.34. The Hall–Kier alpha value is -2.68. The summed E-state index contributed by atoms with van der Waals surface area (Å²) in [6.45, 7) is 10.5. The molecule has 0 aliphatic carbocycles. The van der Waals surface area contributed by atoms with Gasteiger partial charge in [0, 0.05) is 11.1 Å². The standard InChI is InChI=1S/C20H26N6O2S/c1-13(2)14-6-8-15(9-7-14)26-12-22-24-19(26)29-11-17(27)21-10-16-23-18(28-25-16)20(3,4)5/h6-9,12-13H,10-11H2,1-5H3,(H,21,27). The molecule has 8 nitrogen and oxygen atoms in total. The van der Waals surface area contributed by atoms with Crippen molar-refractivity contribution in [2.75, 3.05) is 5.75 Å². The number of thioether (sulfide) groups is 1. The molecule has 154 valence electrons. The highest BCUT2D eigenvalue weighted by Crippen LogP contribution is 2.22. The third kappa shape index (κ3) is 5.44. The van der Waals surface area contributed by atoms with Gasteiger partial charge in [-0.1, -0.05) is 63.7 Å². The molecule has 0 spiro atoms. The van der Waals surface area contributed by atoms with Gasteiger partial charge in [-0.2, -0.15) is 4.98 Å². The van der Waals surface area contributed by atoms with Crippen LogP contribution >= 0.6 is 11.8 Å². The summed E-state index contributed by atoms with van der Waals surface area (Å²) in [5.41, 5.74) is 2.01. The van der Waals surface area contributed by atoms with Gasteiger partial charge < -0.3 is 9.84 Å². The lowest BCUT2D eigenvalue weighted by molar-refractivity contribution is -0.118. The number of nitrogens with one attached hydrogen (secondary N) is 1. The molecular formula is C20H26N6O2S. The van der Waals surface area contributed by atoms with Crippen molar-refractivity contribution < 1.29 is 9.32 Å². The maximum absolute atomic E-state index is 12.2. The minimum absolute atomic E-state index is 0.137. The molecule has 29 heavy (non-hydrogen) atoms. The number of carbonyl (C=O) groups is 1. The maximum atomic E-state index is 12.2. The first kappa shape index (κ1) is 21.0. The molecule has 9 heteroatoms. The zero-order valence-corrected chi connectivity index (χ0v) is 18.2. The zero-order valence-electron chi connectivity index (χ0n) is 17.3. The molecule has 0 unspecified atom stereocenters. The van der Waals surface area contributed by atoms with Crippen LogP contribution in [-0.4, -0.2) is 36.6 Å². The molecule has 0 bridgehead atoms. The minimum atomic E-state index is -0.220. The Morgan fingerprint density at radius 2 is 1.97 bits per heavy atom. The van der Waals surface area contributed by atoms with Crippen molar-refractivity contribution in [3.63, 3.8) is 0 Å². The summed E-state index contributed by atoms with van der Waals surface area (Å²) >= 11 is 1.32. The highest BCUT2D eigenvalue weighted by Gasteiger charge is 2.21. The molecule has 3 aromatic rings. The van der Waals surface area contributed by atoms with Gasteiger partial charge in [-0.05, 0) is 23.6 Å². The van der Waals surface area contributed by atoms with Crippen molar-refractivity contribution in [1.29, 1.82) is 0 Å². The number of benzene rings is 1. The van der Waals surface area contributed by atoms with E-state index in [0.717, 1.165) is 5.69 Å². The van der Waals surface area contributed by atoms with Crippen molar-refractivity contribution in [1.82, 2.24) is 30.2 Å². The van der Waals surface area contributed by atoms with E-state index in [1.807, 2.05) is 37.5 Å². The molecule has 2 heterocycles. The summed E-state index contributed by atoms with van der Waals surface area (Å²) < 4.78 is 7.10. The van der Waals surface area contributed by atoms with Gasteiger partial charge in [-0.3, -0.25) is 9.36 Å². The summed E-state index contributed by atoms with van der Waals surface area (Å²) in [4.78, 5) is 16.5. The molecule has 0 aliphatic heterocycles. The predicted octanol–water partition coefficient (Wildman–Crippen LogP) is 3.48. The number of aromatic nitrogens is 5. The molecule has 0 fully saturated rings. The first-order valence-electron chi connectivity index (χ1n) is 9.47. The van der Waals surface area contributed by atoms with Crippen molar-refractivity contribution in [2.45, 2.75) is 57.7 Å². The summed E-state index contributed by atoms with van der Waals surface area (Å²) in [6, 6.07) is 8.26. The van der Waals surface area contributed by atoms with Crippen molar-refractivity contribution in [2.24, 2.45) is 0 Å². The van der Waals surface area contributed by atoms with E-state index in [2.05, 4.69) is 51.6 Å². The van der Waals surface area contributed by atoms with Gasteiger partial charge in [-0.15, -0.1) is 10.2 Å². The molecule has 1 N–H and O–H groups in total. The normalized spacial score (nSPS) is 11.8. The van der Waals surface area contributed by atoms with Crippen molar-refractivity contribution in [3.8, 4) is 5.69 Å². The van der Waals surface area contributed by atoms with E-state index in [9.17, 15) is 4.79 Å². The lowest BCUT2D eigenvalue weighted by Gasteiger charge is -2.10. The fourth-order valence-electron chi connectivity index (χ4n) is 2.51. The second kappa shape index (κ2) is 8.77. The van der Waals surface area contributed by atoms with Crippen LogP contribution < -0.4 is 5.32 Å². The highest BCUT2D eigenvalue weighted by atomic mass is 32.2. The topological polar surface area (TPSA) is 98.7 Å². The van der Waals surface area contributed by atoms with Gasteiger partial charge in [0.15, 0.2) is 11.0 Å². The first-order valence-corrected chi connectivity index (χ1v) is 10.5. The van der Waals surface area contributed by atoms with Gasteiger partial charge in [0.2, 0.25) is 11.8 Å². The van der Waals surface area contributed by atoms with E-state index in [-0.39, 0.29) is 23.6 Å². The summed E-state index contributed by atoms with van der Waals surface area (Å²) in [5, 5.41) is 15.5. The molecule has 0 radical (unpaired) electrons. The molecule has 0 saturated carbocycles. The van der Waals surface area contributed by atoms with Crippen LogP contribution in [0.25, 0.3) is 5.69 Å². The Bertz CT molecular complexity index is 956. The smallest absolute Gasteiger partial charge is 0.232 e.